The minimum atomic E-state index is -0.702. The fraction of sp³-hybridized carbons (Fsp3) is 0.0588. The van der Waals surface area contributed by atoms with Gasteiger partial charge in [-0.3, -0.25) is 14.9 Å². The van der Waals surface area contributed by atoms with E-state index in [9.17, 15) is 14.9 Å². The molecule has 0 N–H and O–H groups in total. The van der Waals surface area contributed by atoms with Crippen LogP contribution in [-0.2, 0) is 6.54 Å². The van der Waals surface area contributed by atoms with E-state index < -0.39 is 10.8 Å². The average Bonchev–Trinajstić information content (AvgIpc) is 2.94. The molecule has 3 rings (SSSR count). The summed E-state index contributed by atoms with van der Waals surface area (Å²) in [7, 11) is 0. The molecule has 0 bridgehead atoms. The predicted octanol–water partition coefficient (Wildman–Crippen LogP) is 4.29. The smallest absolute Gasteiger partial charge is 0.281 e. The Morgan fingerprint density at radius 3 is 2.77 bits per heavy atom. The Morgan fingerprint density at radius 2 is 2.08 bits per heavy atom. The molecular formula is C17H9Cl2N3O3S. The molecule has 26 heavy (non-hydrogen) atoms. The standard InChI is InChI=1S/C17H9Cl2N3O3S/c1-2-8-21-15-13(19)4-3-5-14(15)26-17(21)20-16(23)11-9-10(22(24)25)6-7-12(11)18/h1,3-7,9H,8H2. The van der Waals surface area contributed by atoms with Crippen molar-refractivity contribution >= 4 is 56.3 Å². The number of non-ortho nitro benzene ring substituents is 1. The lowest BCUT2D eigenvalue weighted by Gasteiger charge is -2.02. The van der Waals surface area contributed by atoms with E-state index in [4.69, 9.17) is 29.6 Å². The molecule has 0 aliphatic rings. The summed E-state index contributed by atoms with van der Waals surface area (Å²) in [6, 6.07) is 8.94. The number of nitrogens with zero attached hydrogens (tertiary/aromatic N) is 3. The summed E-state index contributed by atoms with van der Waals surface area (Å²) >= 11 is 13.5. The van der Waals surface area contributed by atoms with Crippen molar-refractivity contribution in [1.29, 1.82) is 0 Å². The number of nitro groups is 1. The number of aromatic nitrogens is 1. The Balaban J connectivity index is 2.19. The molecule has 1 amide bonds. The Hall–Kier alpha value is -2.66. The molecule has 1 heterocycles. The van der Waals surface area contributed by atoms with Crippen LogP contribution in [0.15, 0.2) is 41.4 Å². The maximum absolute atomic E-state index is 12.6. The van der Waals surface area contributed by atoms with Crippen LogP contribution in [0.4, 0.5) is 5.69 Å². The van der Waals surface area contributed by atoms with Crippen molar-refractivity contribution in [2.75, 3.05) is 0 Å². The number of fused-ring (bicyclic) bond motifs is 1. The van der Waals surface area contributed by atoms with Gasteiger partial charge in [-0.05, 0) is 18.2 Å². The number of rotatable bonds is 3. The second kappa shape index (κ2) is 7.30. The lowest BCUT2D eigenvalue weighted by atomic mass is 10.2. The minimum Gasteiger partial charge on any atom is -0.303 e. The number of hydrogen-bond acceptors (Lipinski definition) is 4. The van der Waals surface area contributed by atoms with Gasteiger partial charge in [0.1, 0.15) is 0 Å². The van der Waals surface area contributed by atoms with Crippen molar-refractivity contribution in [3.05, 3.63) is 66.9 Å². The molecule has 9 heteroatoms. The van der Waals surface area contributed by atoms with Crippen LogP contribution in [-0.4, -0.2) is 15.4 Å². The molecule has 0 aliphatic carbocycles. The van der Waals surface area contributed by atoms with Crippen LogP contribution in [0.1, 0.15) is 10.4 Å². The zero-order chi connectivity index (χ0) is 18.8. The molecule has 6 nitrogen and oxygen atoms in total. The zero-order valence-corrected chi connectivity index (χ0v) is 15.3. The van der Waals surface area contributed by atoms with Crippen molar-refractivity contribution in [1.82, 2.24) is 4.57 Å². The van der Waals surface area contributed by atoms with Crippen molar-refractivity contribution in [2.45, 2.75) is 6.54 Å². The van der Waals surface area contributed by atoms with Gasteiger partial charge >= 0.3 is 0 Å². The van der Waals surface area contributed by atoms with Crippen LogP contribution in [0.25, 0.3) is 10.2 Å². The molecule has 0 unspecified atom stereocenters. The summed E-state index contributed by atoms with van der Waals surface area (Å²) in [5.74, 6) is 1.80. The molecular weight excluding hydrogens is 397 g/mol. The van der Waals surface area contributed by atoms with E-state index in [2.05, 4.69) is 10.9 Å². The van der Waals surface area contributed by atoms with E-state index >= 15 is 0 Å². The summed E-state index contributed by atoms with van der Waals surface area (Å²) in [5.41, 5.74) is 0.370. The van der Waals surface area contributed by atoms with Gasteiger partial charge in [-0.15, -0.1) is 6.42 Å². The Labute approximate surface area is 161 Å². The van der Waals surface area contributed by atoms with Crippen LogP contribution in [0.3, 0.4) is 0 Å². The third-order valence-electron chi connectivity index (χ3n) is 3.49. The van der Waals surface area contributed by atoms with E-state index in [1.165, 1.54) is 23.5 Å². The molecule has 0 radical (unpaired) electrons. The van der Waals surface area contributed by atoms with Crippen LogP contribution in [0.5, 0.6) is 0 Å². The van der Waals surface area contributed by atoms with Crippen molar-refractivity contribution < 1.29 is 9.72 Å². The molecule has 0 aliphatic heterocycles. The largest absolute Gasteiger partial charge is 0.303 e. The van der Waals surface area contributed by atoms with Gasteiger partial charge in [0, 0.05) is 12.1 Å². The third kappa shape index (κ3) is 3.35. The van der Waals surface area contributed by atoms with Gasteiger partial charge in [0.05, 0.1) is 37.3 Å². The highest BCUT2D eigenvalue weighted by Gasteiger charge is 2.16. The lowest BCUT2D eigenvalue weighted by molar-refractivity contribution is -0.384. The number of amides is 1. The van der Waals surface area contributed by atoms with Gasteiger partial charge in [-0.25, -0.2) is 0 Å². The number of thiazole rings is 1. The van der Waals surface area contributed by atoms with Crippen molar-refractivity contribution in [3.8, 4) is 12.3 Å². The first kappa shape index (κ1) is 18.1. The number of terminal acetylenes is 1. The predicted molar refractivity (Wildman–Crippen MR) is 102 cm³/mol. The van der Waals surface area contributed by atoms with E-state index in [1.807, 2.05) is 6.07 Å². The number of carbonyl (C=O) groups excluding carboxylic acids is 1. The molecule has 130 valence electrons. The van der Waals surface area contributed by atoms with Gasteiger partial charge in [0.15, 0.2) is 4.80 Å². The molecule has 0 spiro atoms. The highest BCUT2D eigenvalue weighted by molar-refractivity contribution is 7.16. The van der Waals surface area contributed by atoms with Crippen LogP contribution in [0, 0.1) is 22.5 Å². The quantitative estimate of drug-likeness (QED) is 0.370. The molecule has 3 aromatic rings. The fourth-order valence-electron chi connectivity index (χ4n) is 2.35. The minimum absolute atomic E-state index is 0.0586. The number of halogens is 2. The van der Waals surface area contributed by atoms with Crippen LogP contribution in [0.2, 0.25) is 10.0 Å². The number of benzene rings is 2. The third-order valence-corrected chi connectivity index (χ3v) is 5.17. The maximum Gasteiger partial charge on any atom is 0.281 e. The Kier molecular flexibility index (Phi) is 5.09. The highest BCUT2D eigenvalue weighted by atomic mass is 35.5. The van der Waals surface area contributed by atoms with Gasteiger partial charge in [0.25, 0.3) is 11.6 Å². The summed E-state index contributed by atoms with van der Waals surface area (Å²) in [5, 5.41) is 11.5. The lowest BCUT2D eigenvalue weighted by Crippen LogP contribution is -2.16. The molecule has 2 aromatic carbocycles. The number of carbonyl (C=O) groups is 1. The number of hydrogen-bond donors (Lipinski definition) is 0. The molecule has 0 saturated carbocycles. The average molecular weight is 406 g/mol. The Bertz CT molecular complexity index is 1160. The number of nitro benzene ring substituents is 1. The first-order chi connectivity index (χ1) is 12.4. The summed E-state index contributed by atoms with van der Waals surface area (Å²) in [6.07, 6.45) is 5.42. The summed E-state index contributed by atoms with van der Waals surface area (Å²) < 4.78 is 2.45. The summed E-state index contributed by atoms with van der Waals surface area (Å²) in [4.78, 5) is 27.3. The monoisotopic (exact) mass is 405 g/mol. The second-order valence-corrected chi connectivity index (χ2v) is 6.92. The first-order valence-corrected chi connectivity index (χ1v) is 8.74. The highest BCUT2D eigenvalue weighted by Crippen LogP contribution is 2.26. The van der Waals surface area contributed by atoms with Gasteiger partial charge in [-0.1, -0.05) is 46.5 Å². The second-order valence-electron chi connectivity index (χ2n) is 5.10. The van der Waals surface area contributed by atoms with Gasteiger partial charge < -0.3 is 4.57 Å². The summed E-state index contributed by atoms with van der Waals surface area (Å²) in [6.45, 7) is 0.165. The van der Waals surface area contributed by atoms with Crippen molar-refractivity contribution in [3.63, 3.8) is 0 Å². The SMILES string of the molecule is C#CCn1c(=NC(=O)c2cc([N+](=O)[O-])ccc2Cl)sc2cccc(Cl)c21. The zero-order valence-electron chi connectivity index (χ0n) is 13.0. The van der Waals surface area contributed by atoms with E-state index in [0.29, 0.717) is 15.3 Å². The molecule has 0 saturated heterocycles. The normalized spacial score (nSPS) is 11.5. The molecule has 1 aromatic heterocycles. The maximum atomic E-state index is 12.6. The van der Waals surface area contributed by atoms with Crippen LogP contribution >= 0.6 is 34.5 Å². The number of para-hydroxylation sites is 1. The fourth-order valence-corrected chi connectivity index (χ4v) is 3.93. The van der Waals surface area contributed by atoms with E-state index in [0.717, 1.165) is 10.8 Å². The van der Waals surface area contributed by atoms with E-state index in [1.54, 1.807) is 16.7 Å². The topological polar surface area (TPSA) is 77.5 Å². The first-order valence-electron chi connectivity index (χ1n) is 7.16. The van der Waals surface area contributed by atoms with E-state index in [-0.39, 0.29) is 22.8 Å². The van der Waals surface area contributed by atoms with Gasteiger partial charge in [-0.2, -0.15) is 4.99 Å². The molecule has 0 atom stereocenters. The van der Waals surface area contributed by atoms with Gasteiger partial charge in [0.2, 0.25) is 0 Å². The van der Waals surface area contributed by atoms with Crippen LogP contribution < -0.4 is 4.80 Å². The molecule has 0 fully saturated rings. The Morgan fingerprint density at radius 1 is 1.31 bits per heavy atom. The van der Waals surface area contributed by atoms with Crippen molar-refractivity contribution in [2.24, 2.45) is 4.99 Å².